The third-order valence-corrected chi connectivity index (χ3v) is 5.36. The van der Waals surface area contributed by atoms with Gasteiger partial charge in [-0.15, -0.1) is 0 Å². The molecule has 0 bridgehead atoms. The fraction of sp³-hybridized carbons (Fsp3) is 0.375. The number of nitrogens with one attached hydrogen (secondary N) is 1. The van der Waals surface area contributed by atoms with E-state index in [1.165, 1.54) is 12.1 Å². The Morgan fingerprint density at radius 3 is 2.42 bits per heavy atom. The molecule has 0 unspecified atom stereocenters. The molecule has 7 nitrogen and oxygen atoms in total. The monoisotopic (exact) mass is 348 g/mol. The molecule has 128 valence electrons. The number of imidazole rings is 1. The van der Waals surface area contributed by atoms with Gasteiger partial charge in [0.05, 0.1) is 11.2 Å². The molecule has 1 saturated heterocycles. The molecule has 8 heteroatoms. The van der Waals surface area contributed by atoms with Crippen molar-refractivity contribution in [3.63, 3.8) is 0 Å². The minimum atomic E-state index is -3.23. The number of anilines is 1. The second-order valence-electron chi connectivity index (χ2n) is 5.95. The van der Waals surface area contributed by atoms with E-state index in [-0.39, 0.29) is 10.9 Å². The predicted molar refractivity (Wildman–Crippen MR) is 90.6 cm³/mol. The van der Waals surface area contributed by atoms with Crippen molar-refractivity contribution in [2.24, 2.45) is 0 Å². The second-order valence-corrected chi connectivity index (χ2v) is 7.97. The summed E-state index contributed by atoms with van der Waals surface area (Å²) in [5.41, 5.74) is 0.587. The van der Waals surface area contributed by atoms with Crippen LogP contribution in [0.3, 0.4) is 0 Å². The first kappa shape index (κ1) is 16.5. The average molecular weight is 348 g/mol. The number of hydrogen-bond donors (Lipinski definition) is 1. The number of carbonyl (C=O) groups is 1. The van der Waals surface area contributed by atoms with Gasteiger partial charge in [0, 0.05) is 43.5 Å². The van der Waals surface area contributed by atoms with Gasteiger partial charge in [-0.2, -0.15) is 0 Å². The summed E-state index contributed by atoms with van der Waals surface area (Å²) in [6, 6.07) is 6.42. The summed E-state index contributed by atoms with van der Waals surface area (Å²) >= 11 is 0. The molecule has 3 rings (SSSR count). The highest BCUT2D eigenvalue weighted by Crippen LogP contribution is 2.23. The number of rotatable bonds is 3. The lowest BCUT2D eigenvalue weighted by Crippen LogP contribution is -2.41. The largest absolute Gasteiger partial charge is 0.334 e. The topological polar surface area (TPSA) is 84.3 Å². The molecule has 24 heavy (non-hydrogen) atoms. The van der Waals surface area contributed by atoms with Gasteiger partial charge in [0.25, 0.3) is 0 Å². The zero-order valence-corrected chi connectivity index (χ0v) is 14.2. The molecular formula is C16H20N4O3S. The van der Waals surface area contributed by atoms with Gasteiger partial charge in [0.1, 0.15) is 0 Å². The molecule has 1 fully saturated rings. The van der Waals surface area contributed by atoms with E-state index in [2.05, 4.69) is 14.9 Å². The Balaban J connectivity index is 1.56. The number of nitrogens with zero attached hydrogens (tertiary/aromatic N) is 3. The number of urea groups is 1. The van der Waals surface area contributed by atoms with E-state index < -0.39 is 9.84 Å². The van der Waals surface area contributed by atoms with Crippen molar-refractivity contribution >= 4 is 21.6 Å². The predicted octanol–water partition coefficient (Wildman–Crippen LogP) is 2.16. The van der Waals surface area contributed by atoms with E-state index in [0.29, 0.717) is 24.8 Å². The maximum absolute atomic E-state index is 12.3. The van der Waals surface area contributed by atoms with E-state index in [1.807, 2.05) is 12.5 Å². The highest BCUT2D eigenvalue weighted by atomic mass is 32.2. The average Bonchev–Trinajstić information content (AvgIpc) is 3.09. The zero-order valence-electron chi connectivity index (χ0n) is 13.4. The maximum Gasteiger partial charge on any atom is 0.321 e. The quantitative estimate of drug-likeness (QED) is 0.921. The van der Waals surface area contributed by atoms with Crippen LogP contribution in [-0.2, 0) is 9.84 Å². The lowest BCUT2D eigenvalue weighted by Gasteiger charge is -2.32. The summed E-state index contributed by atoms with van der Waals surface area (Å²) < 4.78 is 25.0. The normalized spacial score (nSPS) is 16.1. The molecule has 1 N–H and O–H groups in total. The van der Waals surface area contributed by atoms with Gasteiger partial charge in [0.15, 0.2) is 9.84 Å². The summed E-state index contributed by atoms with van der Waals surface area (Å²) in [4.78, 5) is 18.4. The number of aromatic nitrogens is 2. The number of piperidine rings is 1. The van der Waals surface area contributed by atoms with Crippen LogP contribution in [0.1, 0.15) is 18.9 Å². The SMILES string of the molecule is CS(=O)(=O)c1ccc(NC(=O)N2CCC(n3ccnc3)CC2)cc1. The van der Waals surface area contributed by atoms with Crippen LogP contribution < -0.4 is 5.32 Å². The third-order valence-electron chi connectivity index (χ3n) is 4.23. The van der Waals surface area contributed by atoms with Gasteiger partial charge in [-0.25, -0.2) is 18.2 Å². The third kappa shape index (κ3) is 3.76. The van der Waals surface area contributed by atoms with Crippen molar-refractivity contribution in [3.05, 3.63) is 43.0 Å². The number of likely N-dealkylation sites (tertiary alicyclic amines) is 1. The Morgan fingerprint density at radius 2 is 1.88 bits per heavy atom. The van der Waals surface area contributed by atoms with E-state index in [9.17, 15) is 13.2 Å². The van der Waals surface area contributed by atoms with Crippen LogP contribution in [0, 0.1) is 0 Å². The molecule has 2 aromatic rings. The minimum Gasteiger partial charge on any atom is -0.334 e. The smallest absolute Gasteiger partial charge is 0.321 e. The number of benzene rings is 1. The first-order chi connectivity index (χ1) is 11.4. The van der Waals surface area contributed by atoms with Crippen molar-refractivity contribution in [2.75, 3.05) is 24.7 Å². The number of carbonyl (C=O) groups excluding carboxylic acids is 1. The highest BCUT2D eigenvalue weighted by molar-refractivity contribution is 7.90. The summed E-state index contributed by atoms with van der Waals surface area (Å²) in [6.45, 7) is 1.35. The minimum absolute atomic E-state index is 0.161. The van der Waals surface area contributed by atoms with Crippen LogP contribution >= 0.6 is 0 Å². The molecule has 2 heterocycles. The lowest BCUT2D eigenvalue weighted by molar-refractivity contribution is 0.183. The Labute approximate surface area is 141 Å². The Bertz CT molecular complexity index is 792. The molecule has 2 amide bonds. The van der Waals surface area contributed by atoms with Crippen LogP contribution in [0.4, 0.5) is 10.5 Å². The van der Waals surface area contributed by atoms with Gasteiger partial charge in [-0.05, 0) is 37.1 Å². The van der Waals surface area contributed by atoms with Gasteiger partial charge < -0.3 is 14.8 Å². The van der Waals surface area contributed by atoms with Gasteiger partial charge in [-0.3, -0.25) is 0 Å². The fourth-order valence-corrected chi connectivity index (χ4v) is 3.47. The molecule has 0 radical (unpaired) electrons. The van der Waals surface area contributed by atoms with Crippen molar-refractivity contribution < 1.29 is 13.2 Å². The van der Waals surface area contributed by atoms with Crippen LogP contribution in [-0.4, -0.2) is 48.2 Å². The van der Waals surface area contributed by atoms with Crippen molar-refractivity contribution in [1.29, 1.82) is 0 Å². The van der Waals surface area contributed by atoms with Crippen LogP contribution in [0.2, 0.25) is 0 Å². The first-order valence-electron chi connectivity index (χ1n) is 7.77. The van der Waals surface area contributed by atoms with E-state index in [4.69, 9.17) is 0 Å². The summed E-state index contributed by atoms with van der Waals surface area (Å²) in [5, 5.41) is 2.81. The van der Waals surface area contributed by atoms with Crippen molar-refractivity contribution in [1.82, 2.24) is 14.5 Å². The first-order valence-corrected chi connectivity index (χ1v) is 9.66. The molecule has 0 aliphatic carbocycles. The summed E-state index contributed by atoms with van der Waals surface area (Å²) in [5.74, 6) is 0. The molecular weight excluding hydrogens is 328 g/mol. The Morgan fingerprint density at radius 1 is 1.21 bits per heavy atom. The Hall–Kier alpha value is -2.35. The zero-order chi connectivity index (χ0) is 17.2. The molecule has 1 aliphatic rings. The number of amides is 2. The van der Waals surface area contributed by atoms with Gasteiger partial charge >= 0.3 is 6.03 Å². The standard InChI is InChI=1S/C16H20N4O3S/c1-24(22,23)15-4-2-13(3-5-15)18-16(21)19-9-6-14(7-10-19)20-11-8-17-12-20/h2-5,8,11-12,14H,6-7,9-10H2,1H3,(H,18,21). The van der Waals surface area contributed by atoms with Gasteiger partial charge in [0.2, 0.25) is 0 Å². The number of sulfone groups is 1. The fourth-order valence-electron chi connectivity index (χ4n) is 2.84. The maximum atomic E-state index is 12.3. The molecule has 1 aliphatic heterocycles. The van der Waals surface area contributed by atoms with E-state index in [0.717, 1.165) is 19.1 Å². The summed E-state index contributed by atoms with van der Waals surface area (Å²) in [7, 11) is -3.23. The molecule has 0 spiro atoms. The molecule has 0 atom stereocenters. The van der Waals surface area contributed by atoms with Crippen molar-refractivity contribution in [3.8, 4) is 0 Å². The molecule has 0 saturated carbocycles. The van der Waals surface area contributed by atoms with Crippen LogP contribution in [0.5, 0.6) is 0 Å². The highest BCUT2D eigenvalue weighted by Gasteiger charge is 2.23. The number of hydrogen-bond acceptors (Lipinski definition) is 4. The molecule has 1 aromatic heterocycles. The molecule has 1 aromatic carbocycles. The van der Waals surface area contributed by atoms with E-state index >= 15 is 0 Å². The summed E-state index contributed by atoms with van der Waals surface area (Å²) in [6.07, 6.45) is 8.45. The van der Waals surface area contributed by atoms with Crippen LogP contribution in [0.25, 0.3) is 0 Å². The van der Waals surface area contributed by atoms with Crippen molar-refractivity contribution in [2.45, 2.75) is 23.8 Å². The second kappa shape index (κ2) is 6.64. The van der Waals surface area contributed by atoms with E-state index in [1.54, 1.807) is 23.2 Å². The van der Waals surface area contributed by atoms with Crippen LogP contribution in [0.15, 0.2) is 47.9 Å². The Kier molecular flexibility index (Phi) is 4.57. The lowest BCUT2D eigenvalue weighted by atomic mass is 10.1. The van der Waals surface area contributed by atoms with Gasteiger partial charge in [-0.1, -0.05) is 0 Å².